The monoisotopic (exact) mass is 552 g/mol. The van der Waals surface area contributed by atoms with Crippen molar-refractivity contribution in [1.29, 1.82) is 0 Å². The lowest BCUT2D eigenvalue weighted by atomic mass is 9.89. The largest absolute Gasteiger partial charge is 0.453 e. The van der Waals surface area contributed by atoms with Crippen molar-refractivity contribution in [1.82, 2.24) is 23.9 Å². The normalized spacial score (nSPS) is 22.9. The Kier molecular flexibility index (Phi) is 6.16. The molecule has 0 bridgehead atoms. The fraction of sp³-hybridized carbons (Fsp3) is 0.444. The minimum Gasteiger partial charge on any atom is -0.453 e. The van der Waals surface area contributed by atoms with Gasteiger partial charge in [0.25, 0.3) is 0 Å². The fourth-order valence-corrected chi connectivity index (χ4v) is 6.86. The molecule has 2 aromatic carbocycles. The molecule has 3 aliphatic rings. The summed E-state index contributed by atoms with van der Waals surface area (Å²) in [5.74, 6) is 0.705. The van der Waals surface area contributed by atoms with Crippen LogP contribution in [0, 0.1) is 5.92 Å². The number of sulfonamides is 1. The highest BCUT2D eigenvalue weighted by Gasteiger charge is 2.57. The van der Waals surface area contributed by atoms with Gasteiger partial charge in [0.1, 0.15) is 11.4 Å². The van der Waals surface area contributed by atoms with Gasteiger partial charge in [-0.3, -0.25) is 9.67 Å². The number of methoxy groups -OCH3 is 1. The highest BCUT2D eigenvalue weighted by molar-refractivity contribution is 7.88. The van der Waals surface area contributed by atoms with E-state index in [0.29, 0.717) is 31.9 Å². The summed E-state index contributed by atoms with van der Waals surface area (Å²) in [4.78, 5) is 20.4. The number of ether oxygens (including phenoxy) is 1. The third-order valence-electron chi connectivity index (χ3n) is 8.13. The van der Waals surface area contributed by atoms with Gasteiger partial charge in [-0.1, -0.05) is 30.3 Å². The van der Waals surface area contributed by atoms with Crippen molar-refractivity contribution >= 4 is 32.9 Å². The molecule has 3 aliphatic heterocycles. The lowest BCUT2D eigenvalue weighted by Gasteiger charge is -2.47. The molecule has 1 amide bonds. The molecule has 3 aromatic rings. The van der Waals surface area contributed by atoms with Crippen LogP contribution < -0.4 is 0 Å². The Morgan fingerprint density at radius 3 is 2.49 bits per heavy atom. The predicted molar refractivity (Wildman–Crippen MR) is 147 cm³/mol. The smallest absolute Gasteiger partial charge is 0.409 e. The Morgan fingerprint density at radius 2 is 1.82 bits per heavy atom. The minimum atomic E-state index is -3.27. The molecule has 2 saturated heterocycles. The van der Waals surface area contributed by atoms with Crippen LogP contribution in [-0.2, 0) is 21.8 Å². The van der Waals surface area contributed by atoms with Crippen LogP contribution in [-0.4, -0.2) is 107 Å². The zero-order valence-electron chi connectivity index (χ0n) is 22.2. The maximum atomic E-state index is 12.1. The topological polar surface area (TPSA) is 121 Å². The molecule has 2 fully saturated rings. The third kappa shape index (κ3) is 4.46. The first-order valence-electron chi connectivity index (χ1n) is 12.9. The molecule has 1 spiro atoms. The number of rotatable bonds is 5. The van der Waals surface area contributed by atoms with E-state index in [4.69, 9.17) is 9.73 Å². The number of carbonyl (C=O) groups is 1. The maximum absolute atomic E-state index is 12.1. The Bertz CT molecular complexity index is 1560. The second kappa shape index (κ2) is 9.32. The molecule has 0 radical (unpaired) electrons. The number of likely N-dealkylation sites (tertiary alicyclic amines) is 1. The molecule has 0 aliphatic carbocycles. The Hall–Kier alpha value is -3.48. The summed E-state index contributed by atoms with van der Waals surface area (Å²) in [7, 11) is -0.0158. The number of carbonyl (C=O) groups excluding carboxylic acids is 1. The van der Waals surface area contributed by atoms with Crippen molar-refractivity contribution < 1.29 is 23.1 Å². The molecule has 1 aromatic heterocycles. The average Bonchev–Trinajstić information content (AvgIpc) is 3.60. The van der Waals surface area contributed by atoms with Gasteiger partial charge >= 0.3 is 6.09 Å². The lowest BCUT2D eigenvalue weighted by molar-refractivity contribution is -0.0629. The van der Waals surface area contributed by atoms with E-state index in [0.717, 1.165) is 27.6 Å². The number of aromatic nitrogens is 2. The van der Waals surface area contributed by atoms with Gasteiger partial charge in [0, 0.05) is 37.6 Å². The summed E-state index contributed by atoms with van der Waals surface area (Å²) in [5, 5.41) is 16.9. The zero-order valence-corrected chi connectivity index (χ0v) is 23.0. The van der Waals surface area contributed by atoms with E-state index >= 15 is 0 Å². The molecule has 0 saturated carbocycles. The van der Waals surface area contributed by atoms with Crippen molar-refractivity contribution in [2.45, 2.75) is 18.2 Å². The van der Waals surface area contributed by atoms with Crippen molar-refractivity contribution in [2.24, 2.45) is 18.0 Å². The van der Waals surface area contributed by atoms with Crippen LogP contribution in [0.4, 0.5) is 4.79 Å². The average molecular weight is 553 g/mol. The van der Waals surface area contributed by atoms with Crippen molar-refractivity contribution in [3.8, 4) is 11.1 Å². The van der Waals surface area contributed by atoms with Crippen LogP contribution in [0.2, 0.25) is 0 Å². The molecule has 4 heterocycles. The third-order valence-corrected chi connectivity index (χ3v) is 9.40. The highest BCUT2D eigenvalue weighted by atomic mass is 32.2. The van der Waals surface area contributed by atoms with Crippen molar-refractivity contribution in [3.05, 3.63) is 54.2 Å². The Morgan fingerprint density at radius 1 is 1.13 bits per heavy atom. The molecule has 11 nitrogen and oxygen atoms in total. The predicted octanol–water partition coefficient (Wildman–Crippen LogP) is 1.72. The van der Waals surface area contributed by atoms with Gasteiger partial charge in [-0.25, -0.2) is 17.5 Å². The second-order valence-electron chi connectivity index (χ2n) is 10.8. The molecule has 206 valence electrons. The highest BCUT2D eigenvalue weighted by Crippen LogP contribution is 2.39. The molecule has 1 N–H and O–H groups in total. The Balaban J connectivity index is 1.28. The van der Waals surface area contributed by atoms with E-state index in [2.05, 4.69) is 23.3 Å². The number of nitrogens with zero attached hydrogens (tertiary/aromatic N) is 6. The van der Waals surface area contributed by atoms with Gasteiger partial charge in [-0.15, -0.1) is 0 Å². The Labute approximate surface area is 227 Å². The number of benzene rings is 2. The summed E-state index contributed by atoms with van der Waals surface area (Å²) in [5.41, 5.74) is 3.19. The number of amidine groups is 1. The summed E-state index contributed by atoms with van der Waals surface area (Å²) in [6, 6.07) is 14.3. The second-order valence-corrected chi connectivity index (χ2v) is 12.8. The number of hydrogen-bond donors (Lipinski definition) is 1. The minimum absolute atomic E-state index is 0.0528. The summed E-state index contributed by atoms with van der Waals surface area (Å²) >= 11 is 0. The van der Waals surface area contributed by atoms with Crippen LogP contribution >= 0.6 is 0 Å². The van der Waals surface area contributed by atoms with E-state index in [1.54, 1.807) is 0 Å². The first-order valence-corrected chi connectivity index (χ1v) is 14.8. The fourth-order valence-electron chi connectivity index (χ4n) is 5.94. The van der Waals surface area contributed by atoms with E-state index in [1.807, 2.05) is 47.1 Å². The summed E-state index contributed by atoms with van der Waals surface area (Å²) in [6.45, 7) is 1.85. The molecule has 12 heteroatoms. The van der Waals surface area contributed by atoms with Crippen LogP contribution in [0.15, 0.2) is 53.7 Å². The van der Waals surface area contributed by atoms with Crippen LogP contribution in [0.5, 0.6) is 0 Å². The summed E-state index contributed by atoms with van der Waals surface area (Å²) in [6.07, 6.45) is 2.40. The van der Waals surface area contributed by atoms with Crippen LogP contribution in [0.1, 0.15) is 12.0 Å². The van der Waals surface area contributed by atoms with E-state index in [-0.39, 0.29) is 19.0 Å². The SMILES string of the molecule is COC(=O)N1CC2(C1)N=C(c1ccc(-c3ccc4c(cnn4C)c3)cc1)N(CC1CCN(S(C)(=O)=O)C1)C2O. The number of hydrogen-bond acceptors (Lipinski definition) is 8. The lowest BCUT2D eigenvalue weighted by Crippen LogP contribution is -2.68. The van der Waals surface area contributed by atoms with Gasteiger partial charge in [-0.05, 0) is 35.6 Å². The number of aliphatic imine (C=N–C) groups is 1. The van der Waals surface area contributed by atoms with Gasteiger partial charge in [0.2, 0.25) is 10.0 Å². The van der Waals surface area contributed by atoms with Gasteiger partial charge in [-0.2, -0.15) is 5.10 Å². The summed E-state index contributed by atoms with van der Waals surface area (Å²) < 4.78 is 32.3. The van der Waals surface area contributed by atoms with Gasteiger partial charge in [0.05, 0.1) is 38.2 Å². The van der Waals surface area contributed by atoms with Gasteiger partial charge < -0.3 is 19.6 Å². The molecule has 2 atom stereocenters. The van der Waals surface area contributed by atoms with E-state index in [9.17, 15) is 18.3 Å². The number of fused-ring (bicyclic) bond motifs is 1. The van der Waals surface area contributed by atoms with Crippen LogP contribution in [0.25, 0.3) is 22.0 Å². The number of aryl methyl sites for hydroxylation is 1. The standard InChI is InChI=1S/C27H32N6O5S/c1-30-23-9-8-21(12-22(23)13-28-30)19-4-6-20(7-5-19)24-29-27(16-31(17-27)26(35)38-2)25(34)33(24)15-18-10-11-32(14-18)39(3,36)37/h4-9,12-13,18,25,34H,10-11,14-17H2,1-3H3. The van der Waals surface area contributed by atoms with Crippen LogP contribution in [0.3, 0.4) is 0 Å². The van der Waals surface area contributed by atoms with Crippen molar-refractivity contribution in [2.75, 3.05) is 46.1 Å². The maximum Gasteiger partial charge on any atom is 0.409 e. The molecule has 2 unspecified atom stereocenters. The molecular formula is C27H32N6O5S. The number of aliphatic hydroxyl groups is 1. The van der Waals surface area contributed by atoms with E-state index < -0.39 is 27.9 Å². The van der Waals surface area contributed by atoms with E-state index in [1.165, 1.54) is 22.6 Å². The zero-order chi connectivity index (χ0) is 27.5. The molecule has 6 rings (SSSR count). The van der Waals surface area contributed by atoms with Crippen molar-refractivity contribution in [3.63, 3.8) is 0 Å². The quantitative estimate of drug-likeness (QED) is 0.512. The number of amides is 1. The number of aliphatic hydroxyl groups excluding tert-OH is 1. The molecule has 39 heavy (non-hydrogen) atoms. The first kappa shape index (κ1) is 25.8. The first-order chi connectivity index (χ1) is 18.6. The van der Waals surface area contributed by atoms with Gasteiger partial charge in [0.15, 0.2) is 6.23 Å². The molecular weight excluding hydrogens is 520 g/mol.